The van der Waals surface area contributed by atoms with E-state index in [2.05, 4.69) is 34.7 Å². The van der Waals surface area contributed by atoms with Crippen LogP contribution in [-0.4, -0.2) is 59.6 Å². The monoisotopic (exact) mass is 452 g/mol. The molecule has 4 rings (SSSR count). The topological polar surface area (TPSA) is 37.9 Å². The van der Waals surface area contributed by atoms with Crippen LogP contribution in [-0.2, 0) is 0 Å². The van der Waals surface area contributed by atoms with Gasteiger partial charge in [0.15, 0.2) is 24.6 Å². The first-order chi connectivity index (χ1) is 15.2. The lowest BCUT2D eigenvalue weighted by atomic mass is 10.1. The Morgan fingerprint density at radius 2 is 1.53 bits per heavy atom. The number of halogens is 4. The van der Waals surface area contributed by atoms with Gasteiger partial charge in [-0.1, -0.05) is 12.1 Å². The van der Waals surface area contributed by atoms with Crippen LogP contribution < -0.4 is 19.4 Å². The molecule has 1 aromatic heterocycles. The summed E-state index contributed by atoms with van der Waals surface area (Å²) in [5, 5.41) is 2.36. The lowest BCUT2D eigenvalue weighted by Gasteiger charge is -2.20. The Labute approximate surface area is 183 Å². The van der Waals surface area contributed by atoms with Crippen molar-refractivity contribution in [3.05, 3.63) is 53.9 Å². The summed E-state index contributed by atoms with van der Waals surface area (Å²) >= 11 is 0. The number of rotatable bonds is 3. The number of nitrogens with zero attached hydrogens (tertiary/aromatic N) is 2. The molecule has 0 aliphatic carbocycles. The Morgan fingerprint density at radius 1 is 0.906 bits per heavy atom. The molecule has 0 N–H and O–H groups in total. The molecule has 172 valence electrons. The summed E-state index contributed by atoms with van der Waals surface area (Å²) in [4.78, 5) is 2.36. The predicted molar refractivity (Wildman–Crippen MR) is 117 cm³/mol. The largest absolute Gasteiger partial charge is 0.673 e. The summed E-state index contributed by atoms with van der Waals surface area (Å²) in [5.74, 6) is 2.23. The highest BCUT2D eigenvalue weighted by Gasteiger charge is 2.21. The van der Waals surface area contributed by atoms with Crippen LogP contribution in [0.3, 0.4) is 0 Å². The fourth-order valence-electron chi connectivity index (χ4n) is 3.56. The summed E-state index contributed by atoms with van der Waals surface area (Å²) in [6.45, 7) is 4.14. The van der Waals surface area contributed by atoms with Crippen LogP contribution >= 0.6 is 0 Å². The number of likely N-dealkylation sites (N-methyl/N-ethyl adjacent to an activating group) is 1. The molecule has 0 spiro atoms. The van der Waals surface area contributed by atoms with E-state index < -0.39 is 7.25 Å². The number of piperazine rings is 1. The third kappa shape index (κ3) is 6.03. The van der Waals surface area contributed by atoms with Crippen molar-refractivity contribution in [1.29, 1.82) is 0 Å². The SMILES string of the molecule is COc1ccc(-c2cc(=[N+]3CCN(C)CC3)c3ccccc3o2)cc1OC.F[B-](F)(F)F. The third-order valence-corrected chi connectivity index (χ3v) is 5.16. The Kier molecular flexibility index (Phi) is 7.45. The van der Waals surface area contributed by atoms with E-state index in [0.29, 0.717) is 11.5 Å². The third-order valence-electron chi connectivity index (χ3n) is 5.16. The van der Waals surface area contributed by atoms with Crippen LogP contribution in [0.4, 0.5) is 17.3 Å². The minimum atomic E-state index is -6.00. The quantitative estimate of drug-likeness (QED) is 0.340. The molecule has 1 fully saturated rings. The number of hydrogen-bond acceptors (Lipinski definition) is 4. The molecule has 0 amide bonds. The molecule has 2 heterocycles. The van der Waals surface area contributed by atoms with Crippen molar-refractivity contribution in [2.24, 2.45) is 0 Å². The molecule has 1 aliphatic rings. The highest BCUT2D eigenvalue weighted by Crippen LogP contribution is 2.32. The average molecular weight is 452 g/mol. The maximum absolute atomic E-state index is 9.75. The van der Waals surface area contributed by atoms with Gasteiger partial charge in [0.25, 0.3) is 0 Å². The maximum Gasteiger partial charge on any atom is 0.673 e. The Balaban J connectivity index is 0.000000523. The highest BCUT2D eigenvalue weighted by molar-refractivity contribution is 6.50. The van der Waals surface area contributed by atoms with Gasteiger partial charge in [0.1, 0.15) is 11.3 Å². The number of ether oxygens (including phenoxy) is 2. The summed E-state index contributed by atoms with van der Waals surface area (Å²) in [5.41, 5.74) is 1.85. The fourth-order valence-corrected chi connectivity index (χ4v) is 3.56. The van der Waals surface area contributed by atoms with Gasteiger partial charge in [0, 0.05) is 5.56 Å². The van der Waals surface area contributed by atoms with Crippen LogP contribution in [0.25, 0.3) is 22.3 Å². The lowest BCUT2D eigenvalue weighted by Crippen LogP contribution is -2.46. The summed E-state index contributed by atoms with van der Waals surface area (Å²) in [7, 11) is -0.539. The second kappa shape index (κ2) is 10.1. The summed E-state index contributed by atoms with van der Waals surface area (Å²) in [6, 6.07) is 16.3. The van der Waals surface area contributed by atoms with E-state index in [4.69, 9.17) is 13.9 Å². The van der Waals surface area contributed by atoms with Crippen LogP contribution in [0.15, 0.2) is 52.9 Å². The van der Waals surface area contributed by atoms with Gasteiger partial charge in [-0.2, -0.15) is 0 Å². The molecule has 32 heavy (non-hydrogen) atoms. The van der Waals surface area contributed by atoms with Crippen LogP contribution in [0.5, 0.6) is 11.5 Å². The second-order valence-corrected chi connectivity index (χ2v) is 7.35. The van der Waals surface area contributed by atoms with Gasteiger partial charge < -0.3 is 31.2 Å². The van der Waals surface area contributed by atoms with Crippen LogP contribution in [0, 0.1) is 0 Å². The van der Waals surface area contributed by atoms with E-state index in [1.807, 2.05) is 30.3 Å². The lowest BCUT2D eigenvalue weighted by molar-refractivity contribution is 0.267. The van der Waals surface area contributed by atoms with Gasteiger partial charge in [0.2, 0.25) is 5.36 Å². The minimum Gasteiger partial charge on any atom is -0.493 e. The van der Waals surface area contributed by atoms with Gasteiger partial charge in [-0.05, 0) is 37.4 Å². The van der Waals surface area contributed by atoms with Crippen molar-refractivity contribution in [2.45, 2.75) is 0 Å². The zero-order valence-electron chi connectivity index (χ0n) is 18.2. The first kappa shape index (κ1) is 23.7. The molecule has 0 unspecified atom stereocenters. The summed E-state index contributed by atoms with van der Waals surface area (Å²) in [6.07, 6.45) is 0. The minimum absolute atomic E-state index is 0.694. The molecule has 10 heteroatoms. The zero-order valence-corrected chi connectivity index (χ0v) is 18.2. The Bertz CT molecular complexity index is 1130. The zero-order chi connectivity index (χ0) is 23.3. The first-order valence-corrected chi connectivity index (χ1v) is 10.1. The van der Waals surface area contributed by atoms with Crippen molar-refractivity contribution in [3.63, 3.8) is 0 Å². The molecular weight excluding hydrogens is 427 g/mol. The van der Waals surface area contributed by atoms with Gasteiger partial charge in [0.05, 0.1) is 38.8 Å². The van der Waals surface area contributed by atoms with Gasteiger partial charge >= 0.3 is 7.25 Å². The van der Waals surface area contributed by atoms with Crippen molar-refractivity contribution in [3.8, 4) is 22.8 Å². The van der Waals surface area contributed by atoms with Gasteiger partial charge in [-0.15, -0.1) is 0 Å². The predicted octanol–water partition coefficient (Wildman–Crippen LogP) is 4.13. The normalized spacial score (nSPS) is 14.7. The summed E-state index contributed by atoms with van der Waals surface area (Å²) < 4.78 is 58.5. The Hall–Kier alpha value is -3.01. The molecule has 2 aromatic carbocycles. The van der Waals surface area contributed by atoms with E-state index >= 15 is 0 Å². The molecule has 0 atom stereocenters. The molecule has 5 nitrogen and oxygen atoms in total. The molecular formula is C22H25BF4N2O3. The second-order valence-electron chi connectivity index (χ2n) is 7.35. The standard InChI is InChI=1S/C22H25N2O3.BF4/c1-23-10-12-24(13-11-23)18-15-21(27-19-7-5-4-6-17(18)19)16-8-9-20(25-2)22(14-16)26-3;2-1(3,4)5/h4-9,14-15H,10-13H2,1-3H3;/q+1;-1. The molecule has 1 aliphatic heterocycles. The smallest absolute Gasteiger partial charge is 0.493 e. The fraction of sp³-hybridized carbons (Fsp3) is 0.318. The Morgan fingerprint density at radius 3 is 2.16 bits per heavy atom. The molecule has 0 saturated carbocycles. The molecule has 1 saturated heterocycles. The van der Waals surface area contributed by atoms with Crippen LogP contribution in [0.2, 0.25) is 0 Å². The van der Waals surface area contributed by atoms with Gasteiger partial charge in [-0.3, -0.25) is 4.90 Å². The van der Waals surface area contributed by atoms with Crippen molar-refractivity contribution >= 4 is 18.2 Å². The number of para-hydroxylation sites is 1. The van der Waals surface area contributed by atoms with Crippen molar-refractivity contribution in [2.75, 3.05) is 47.4 Å². The number of methoxy groups -OCH3 is 2. The molecule has 0 radical (unpaired) electrons. The van der Waals surface area contributed by atoms with Crippen molar-refractivity contribution < 1.29 is 31.2 Å². The van der Waals surface area contributed by atoms with E-state index in [1.54, 1.807) is 14.2 Å². The number of benzene rings is 2. The van der Waals surface area contributed by atoms with E-state index in [0.717, 1.165) is 48.5 Å². The molecule has 0 bridgehead atoms. The van der Waals surface area contributed by atoms with Crippen LogP contribution in [0.1, 0.15) is 0 Å². The highest BCUT2D eigenvalue weighted by atomic mass is 19.5. The van der Waals surface area contributed by atoms with Crippen molar-refractivity contribution in [1.82, 2.24) is 9.48 Å². The first-order valence-electron chi connectivity index (χ1n) is 10.1. The average Bonchev–Trinajstić information content (AvgIpc) is 2.77. The van der Waals surface area contributed by atoms with Gasteiger partial charge in [-0.25, -0.2) is 4.58 Å². The van der Waals surface area contributed by atoms with E-state index in [-0.39, 0.29) is 0 Å². The maximum atomic E-state index is 9.75. The number of fused-ring (bicyclic) bond motifs is 1. The van der Waals surface area contributed by atoms with E-state index in [1.165, 1.54) is 5.36 Å². The molecule has 3 aromatic rings. The van der Waals surface area contributed by atoms with E-state index in [9.17, 15) is 17.3 Å². The number of hydrogen-bond donors (Lipinski definition) is 0.